The van der Waals surface area contributed by atoms with Crippen molar-refractivity contribution in [3.63, 3.8) is 0 Å². The summed E-state index contributed by atoms with van der Waals surface area (Å²) in [7, 11) is 0. The van der Waals surface area contributed by atoms with Crippen molar-refractivity contribution in [1.82, 2.24) is 9.88 Å². The molecule has 0 saturated carbocycles. The van der Waals surface area contributed by atoms with E-state index < -0.39 is 6.10 Å². The van der Waals surface area contributed by atoms with E-state index >= 15 is 0 Å². The van der Waals surface area contributed by atoms with Crippen LogP contribution in [-0.4, -0.2) is 39.2 Å². The Bertz CT molecular complexity index is 745. The van der Waals surface area contributed by atoms with Crippen LogP contribution in [0, 0.1) is 11.8 Å². The molecule has 4 heterocycles. The minimum absolute atomic E-state index is 0.137. The lowest BCUT2D eigenvalue weighted by Gasteiger charge is -2.50. The Balaban J connectivity index is 1.69. The van der Waals surface area contributed by atoms with E-state index in [0.29, 0.717) is 11.8 Å². The second-order valence-corrected chi connectivity index (χ2v) is 6.79. The van der Waals surface area contributed by atoms with Crippen molar-refractivity contribution in [3.8, 4) is 5.75 Å². The molecule has 0 spiro atoms. The second kappa shape index (κ2) is 5.62. The summed E-state index contributed by atoms with van der Waals surface area (Å²) in [6.45, 7) is 5.99. The maximum atomic E-state index is 11.0. The zero-order chi connectivity index (χ0) is 16.0. The van der Waals surface area contributed by atoms with Gasteiger partial charge in [-0.25, -0.2) is 0 Å². The van der Waals surface area contributed by atoms with Crippen LogP contribution in [0.5, 0.6) is 5.75 Å². The molecule has 3 aliphatic heterocycles. The van der Waals surface area contributed by atoms with Crippen molar-refractivity contribution in [2.45, 2.75) is 25.0 Å². The number of aliphatic hydroxyl groups is 1. The van der Waals surface area contributed by atoms with E-state index in [-0.39, 0.29) is 11.8 Å². The molecule has 23 heavy (non-hydrogen) atoms. The third-order valence-electron chi connectivity index (χ3n) is 5.60. The van der Waals surface area contributed by atoms with Gasteiger partial charge in [0, 0.05) is 24.2 Å². The number of hydrogen-bond donors (Lipinski definition) is 2. The Labute approximate surface area is 136 Å². The second-order valence-electron chi connectivity index (χ2n) is 6.79. The lowest BCUT2D eigenvalue weighted by Crippen LogP contribution is -2.54. The van der Waals surface area contributed by atoms with Crippen molar-refractivity contribution >= 4 is 10.9 Å². The maximum Gasteiger partial charge on any atom is 0.116 e. The molecule has 5 rings (SSSR count). The van der Waals surface area contributed by atoms with Crippen LogP contribution in [0.3, 0.4) is 0 Å². The number of aliphatic hydroxyl groups excluding tert-OH is 1. The standard InChI is InChI=1S/C19H22N2O2/c1-2-12-11-21-8-6-13(12)9-18(21)19(23)15-5-7-20-17-4-3-14(22)10-16(15)17/h2-5,7,10,12-13,18-19,22-23H,1,6,8-9,11H2/t12-,13-,18-,19+/m0/s1. The van der Waals surface area contributed by atoms with Gasteiger partial charge < -0.3 is 10.2 Å². The molecule has 3 aliphatic rings. The highest BCUT2D eigenvalue weighted by atomic mass is 16.3. The summed E-state index contributed by atoms with van der Waals surface area (Å²) in [5.41, 5.74) is 1.66. The van der Waals surface area contributed by atoms with E-state index in [2.05, 4.69) is 22.5 Å². The minimum Gasteiger partial charge on any atom is -0.508 e. The van der Waals surface area contributed by atoms with Crippen molar-refractivity contribution in [1.29, 1.82) is 0 Å². The summed E-state index contributed by atoms with van der Waals surface area (Å²) in [4.78, 5) is 6.73. The molecular formula is C19H22N2O2. The van der Waals surface area contributed by atoms with Crippen molar-refractivity contribution in [3.05, 3.63) is 48.7 Å². The number of benzene rings is 1. The van der Waals surface area contributed by atoms with Gasteiger partial charge in [-0.15, -0.1) is 6.58 Å². The van der Waals surface area contributed by atoms with Gasteiger partial charge in [-0.3, -0.25) is 9.88 Å². The van der Waals surface area contributed by atoms with Crippen LogP contribution in [0.2, 0.25) is 0 Å². The average molecular weight is 310 g/mol. The molecule has 5 atom stereocenters. The minimum atomic E-state index is -0.559. The van der Waals surface area contributed by atoms with Gasteiger partial charge in [-0.2, -0.15) is 0 Å². The zero-order valence-corrected chi connectivity index (χ0v) is 13.1. The molecule has 2 N–H and O–H groups in total. The molecular weight excluding hydrogens is 288 g/mol. The number of phenols is 1. The van der Waals surface area contributed by atoms with Gasteiger partial charge >= 0.3 is 0 Å². The highest BCUT2D eigenvalue weighted by molar-refractivity contribution is 5.83. The number of fused-ring (bicyclic) bond motifs is 4. The van der Waals surface area contributed by atoms with Gasteiger partial charge in [0.2, 0.25) is 0 Å². The predicted molar refractivity (Wildman–Crippen MR) is 90.1 cm³/mol. The van der Waals surface area contributed by atoms with Crippen LogP contribution in [0.4, 0.5) is 0 Å². The van der Waals surface area contributed by atoms with E-state index in [0.717, 1.165) is 36.0 Å². The summed E-state index contributed by atoms with van der Waals surface area (Å²) in [5.74, 6) is 1.38. The predicted octanol–water partition coefficient (Wildman–Crippen LogP) is 2.87. The Morgan fingerprint density at radius 3 is 2.96 bits per heavy atom. The molecule has 0 radical (unpaired) electrons. The normalized spacial score (nSPS) is 31.2. The quantitative estimate of drug-likeness (QED) is 0.856. The molecule has 3 saturated heterocycles. The summed E-state index contributed by atoms with van der Waals surface area (Å²) in [5, 5.41) is 21.7. The number of pyridine rings is 1. The summed E-state index contributed by atoms with van der Waals surface area (Å²) in [6.07, 6.45) is 5.44. The Morgan fingerprint density at radius 2 is 2.22 bits per heavy atom. The van der Waals surface area contributed by atoms with Gasteiger partial charge in [0.15, 0.2) is 0 Å². The van der Waals surface area contributed by atoms with Gasteiger partial charge in [0.05, 0.1) is 11.6 Å². The molecule has 4 heteroatoms. The molecule has 1 unspecified atom stereocenters. The van der Waals surface area contributed by atoms with Crippen LogP contribution in [0.15, 0.2) is 43.1 Å². The van der Waals surface area contributed by atoms with Crippen LogP contribution >= 0.6 is 0 Å². The first-order valence-electron chi connectivity index (χ1n) is 8.29. The first-order valence-corrected chi connectivity index (χ1v) is 8.29. The summed E-state index contributed by atoms with van der Waals surface area (Å²) < 4.78 is 0. The largest absolute Gasteiger partial charge is 0.508 e. The van der Waals surface area contributed by atoms with E-state index in [1.807, 2.05) is 6.07 Å². The molecule has 2 bridgehead atoms. The van der Waals surface area contributed by atoms with Crippen LogP contribution in [-0.2, 0) is 0 Å². The van der Waals surface area contributed by atoms with Crippen LogP contribution < -0.4 is 0 Å². The number of hydrogen-bond acceptors (Lipinski definition) is 4. The molecule has 1 aromatic heterocycles. The Morgan fingerprint density at radius 1 is 1.35 bits per heavy atom. The smallest absolute Gasteiger partial charge is 0.116 e. The Hall–Kier alpha value is -1.91. The highest BCUT2D eigenvalue weighted by Crippen LogP contribution is 2.42. The van der Waals surface area contributed by atoms with Crippen LogP contribution in [0.25, 0.3) is 10.9 Å². The first kappa shape index (κ1) is 14.7. The number of aromatic nitrogens is 1. The fourth-order valence-corrected chi connectivity index (χ4v) is 4.33. The van der Waals surface area contributed by atoms with E-state index in [1.165, 1.54) is 6.42 Å². The highest BCUT2D eigenvalue weighted by Gasteiger charge is 2.42. The number of phenolic OH excluding ortho intramolecular Hbond substituents is 1. The SMILES string of the molecule is C=C[C@H]1CN2CC[C@H]1C[C@H]2[C@H](O)c1ccnc2ccc(O)cc12. The third-order valence-corrected chi connectivity index (χ3v) is 5.60. The zero-order valence-electron chi connectivity index (χ0n) is 13.1. The van der Waals surface area contributed by atoms with Gasteiger partial charge in [0.1, 0.15) is 5.75 Å². The number of nitrogens with zero attached hydrogens (tertiary/aromatic N) is 2. The van der Waals surface area contributed by atoms with E-state index in [1.54, 1.807) is 24.4 Å². The molecule has 120 valence electrons. The lowest BCUT2D eigenvalue weighted by molar-refractivity contribution is -0.0444. The van der Waals surface area contributed by atoms with E-state index in [9.17, 15) is 10.2 Å². The first-order chi connectivity index (χ1) is 11.2. The Kier molecular flexibility index (Phi) is 3.58. The fourth-order valence-electron chi connectivity index (χ4n) is 4.33. The molecule has 0 amide bonds. The van der Waals surface area contributed by atoms with Crippen molar-refractivity contribution in [2.24, 2.45) is 11.8 Å². The monoisotopic (exact) mass is 310 g/mol. The molecule has 4 nitrogen and oxygen atoms in total. The van der Waals surface area contributed by atoms with Gasteiger partial charge in [-0.05, 0) is 61.1 Å². The summed E-state index contributed by atoms with van der Waals surface area (Å²) >= 11 is 0. The van der Waals surface area contributed by atoms with Crippen molar-refractivity contribution in [2.75, 3.05) is 13.1 Å². The average Bonchev–Trinajstić information content (AvgIpc) is 2.60. The number of aromatic hydroxyl groups is 1. The lowest BCUT2D eigenvalue weighted by atomic mass is 9.73. The van der Waals surface area contributed by atoms with Crippen molar-refractivity contribution < 1.29 is 10.2 Å². The number of piperidine rings is 3. The van der Waals surface area contributed by atoms with Gasteiger partial charge in [-0.1, -0.05) is 6.08 Å². The van der Waals surface area contributed by atoms with Crippen LogP contribution in [0.1, 0.15) is 24.5 Å². The maximum absolute atomic E-state index is 11.0. The molecule has 3 fully saturated rings. The van der Waals surface area contributed by atoms with Gasteiger partial charge in [0.25, 0.3) is 0 Å². The summed E-state index contributed by atoms with van der Waals surface area (Å²) in [6, 6.07) is 7.14. The topological polar surface area (TPSA) is 56.6 Å². The third kappa shape index (κ3) is 2.42. The molecule has 0 aliphatic carbocycles. The fraction of sp³-hybridized carbons (Fsp3) is 0.421. The molecule has 1 aromatic carbocycles. The molecule has 2 aromatic rings. The number of rotatable bonds is 3. The van der Waals surface area contributed by atoms with E-state index in [4.69, 9.17) is 0 Å².